The SMILES string of the molecule is CCCSCC(O)CSCC(O)CSCCO. The van der Waals surface area contributed by atoms with Gasteiger partial charge in [0.1, 0.15) is 0 Å². The smallest absolute Gasteiger partial charge is 0.0720 e. The highest BCUT2D eigenvalue weighted by Gasteiger charge is 2.08. The van der Waals surface area contributed by atoms with Crippen LogP contribution in [0.4, 0.5) is 0 Å². The Bertz CT molecular complexity index is 145. The first-order valence-corrected chi connectivity index (χ1v) is 9.37. The van der Waals surface area contributed by atoms with Crippen LogP contribution in [0.25, 0.3) is 0 Å². The molecule has 3 nitrogen and oxygen atoms in total. The molecule has 0 heterocycles. The van der Waals surface area contributed by atoms with Crippen molar-refractivity contribution in [3.05, 3.63) is 0 Å². The van der Waals surface area contributed by atoms with E-state index in [-0.39, 0.29) is 18.8 Å². The molecule has 0 aliphatic heterocycles. The van der Waals surface area contributed by atoms with Gasteiger partial charge in [-0.25, -0.2) is 0 Å². The molecule has 0 amide bonds. The van der Waals surface area contributed by atoms with Gasteiger partial charge in [0, 0.05) is 28.8 Å². The van der Waals surface area contributed by atoms with Crippen molar-refractivity contribution >= 4 is 35.3 Å². The van der Waals surface area contributed by atoms with Gasteiger partial charge in [0.15, 0.2) is 0 Å². The lowest BCUT2D eigenvalue weighted by Gasteiger charge is -2.12. The van der Waals surface area contributed by atoms with Crippen LogP contribution in [0.2, 0.25) is 0 Å². The summed E-state index contributed by atoms with van der Waals surface area (Å²) in [6.07, 6.45) is 0.534. The second-order valence-corrected chi connectivity index (χ2v) is 7.09. The van der Waals surface area contributed by atoms with Crippen molar-refractivity contribution in [2.75, 3.05) is 41.1 Å². The number of aliphatic hydroxyl groups excluding tert-OH is 3. The Labute approximate surface area is 117 Å². The van der Waals surface area contributed by atoms with Gasteiger partial charge in [0.25, 0.3) is 0 Å². The van der Waals surface area contributed by atoms with Gasteiger partial charge in [0.2, 0.25) is 0 Å². The molecule has 0 aromatic heterocycles. The number of hydrogen-bond acceptors (Lipinski definition) is 6. The molecule has 0 aromatic carbocycles. The topological polar surface area (TPSA) is 60.7 Å². The lowest BCUT2D eigenvalue weighted by molar-refractivity contribution is 0.220. The molecule has 0 bridgehead atoms. The maximum absolute atomic E-state index is 9.64. The zero-order valence-electron chi connectivity index (χ0n) is 10.4. The average molecular weight is 301 g/mol. The van der Waals surface area contributed by atoms with Gasteiger partial charge in [0.05, 0.1) is 18.8 Å². The van der Waals surface area contributed by atoms with Crippen molar-refractivity contribution in [1.29, 1.82) is 0 Å². The highest BCUT2D eigenvalue weighted by atomic mass is 32.2. The number of hydrogen-bond donors (Lipinski definition) is 3. The van der Waals surface area contributed by atoms with Crippen LogP contribution in [0.5, 0.6) is 0 Å². The number of aliphatic hydroxyl groups is 3. The van der Waals surface area contributed by atoms with E-state index in [9.17, 15) is 10.2 Å². The zero-order valence-corrected chi connectivity index (χ0v) is 12.8. The molecule has 0 saturated heterocycles. The summed E-state index contributed by atoms with van der Waals surface area (Å²) >= 11 is 4.93. The Morgan fingerprint density at radius 2 is 1.29 bits per heavy atom. The van der Waals surface area contributed by atoms with Crippen molar-refractivity contribution in [3.63, 3.8) is 0 Å². The highest BCUT2D eigenvalue weighted by Crippen LogP contribution is 2.12. The third kappa shape index (κ3) is 13.2. The van der Waals surface area contributed by atoms with Gasteiger partial charge in [-0.2, -0.15) is 35.3 Å². The van der Waals surface area contributed by atoms with E-state index in [2.05, 4.69) is 6.92 Å². The molecule has 104 valence electrons. The molecule has 2 atom stereocenters. The van der Waals surface area contributed by atoms with Crippen molar-refractivity contribution in [2.45, 2.75) is 25.6 Å². The lowest BCUT2D eigenvalue weighted by atomic mass is 10.5. The molecule has 17 heavy (non-hydrogen) atoms. The summed E-state index contributed by atoms with van der Waals surface area (Å²) in [5.74, 6) is 4.58. The lowest BCUT2D eigenvalue weighted by Crippen LogP contribution is -2.18. The number of rotatable bonds is 12. The van der Waals surface area contributed by atoms with Gasteiger partial charge in [-0.3, -0.25) is 0 Å². The van der Waals surface area contributed by atoms with E-state index < -0.39 is 0 Å². The molecular formula is C11H24O3S3. The molecule has 2 unspecified atom stereocenters. The van der Waals surface area contributed by atoms with E-state index in [0.717, 1.165) is 17.9 Å². The van der Waals surface area contributed by atoms with Gasteiger partial charge >= 0.3 is 0 Å². The van der Waals surface area contributed by atoms with Crippen LogP contribution in [-0.4, -0.2) is 68.7 Å². The Hall–Kier alpha value is 0.930. The molecule has 0 aromatic rings. The summed E-state index contributed by atoms with van der Waals surface area (Å²) in [4.78, 5) is 0. The first-order valence-electron chi connectivity index (χ1n) is 5.90. The quantitative estimate of drug-likeness (QED) is 0.473. The molecule has 0 aliphatic rings. The minimum Gasteiger partial charge on any atom is -0.396 e. The summed E-state index contributed by atoms with van der Waals surface area (Å²) in [5.41, 5.74) is 0. The van der Waals surface area contributed by atoms with Gasteiger partial charge in [-0.05, 0) is 12.2 Å². The summed E-state index contributed by atoms with van der Waals surface area (Å²) in [6.45, 7) is 2.30. The van der Waals surface area contributed by atoms with Crippen molar-refractivity contribution < 1.29 is 15.3 Å². The molecule has 0 rings (SSSR count). The molecule has 0 fully saturated rings. The van der Waals surface area contributed by atoms with Crippen LogP contribution in [-0.2, 0) is 0 Å². The Kier molecular flexibility index (Phi) is 14.1. The van der Waals surface area contributed by atoms with E-state index in [4.69, 9.17) is 5.11 Å². The monoisotopic (exact) mass is 300 g/mol. The van der Waals surface area contributed by atoms with E-state index in [1.165, 1.54) is 0 Å². The van der Waals surface area contributed by atoms with E-state index >= 15 is 0 Å². The molecule has 0 saturated carbocycles. The van der Waals surface area contributed by atoms with E-state index in [1.54, 1.807) is 35.3 Å². The fourth-order valence-corrected chi connectivity index (χ4v) is 3.83. The zero-order chi connectivity index (χ0) is 12.9. The Morgan fingerprint density at radius 1 is 0.824 bits per heavy atom. The van der Waals surface area contributed by atoms with Crippen LogP contribution in [0, 0.1) is 0 Å². The van der Waals surface area contributed by atoms with E-state index in [1.807, 2.05) is 0 Å². The van der Waals surface area contributed by atoms with Gasteiger partial charge in [-0.1, -0.05) is 6.92 Å². The van der Waals surface area contributed by atoms with Crippen LogP contribution < -0.4 is 0 Å². The van der Waals surface area contributed by atoms with Crippen molar-refractivity contribution in [2.24, 2.45) is 0 Å². The molecule has 6 heteroatoms. The largest absolute Gasteiger partial charge is 0.396 e. The maximum Gasteiger partial charge on any atom is 0.0720 e. The maximum atomic E-state index is 9.64. The van der Waals surface area contributed by atoms with Crippen LogP contribution in [0.3, 0.4) is 0 Å². The van der Waals surface area contributed by atoms with E-state index in [0.29, 0.717) is 23.0 Å². The van der Waals surface area contributed by atoms with Crippen molar-refractivity contribution in [1.82, 2.24) is 0 Å². The fraction of sp³-hybridized carbons (Fsp3) is 1.00. The standard InChI is InChI=1S/C11H24O3S3/c1-2-4-15-6-10(13)8-17-9-11(14)7-16-5-3-12/h10-14H,2-9H2,1H3. The minimum absolute atomic E-state index is 0.165. The molecule has 0 aliphatic carbocycles. The second kappa shape index (κ2) is 13.4. The van der Waals surface area contributed by atoms with Crippen LogP contribution >= 0.6 is 35.3 Å². The summed E-state index contributed by atoms with van der Waals surface area (Å²) in [6, 6.07) is 0. The minimum atomic E-state index is -0.341. The first-order chi connectivity index (χ1) is 8.20. The van der Waals surface area contributed by atoms with Crippen LogP contribution in [0.1, 0.15) is 13.3 Å². The molecule has 0 spiro atoms. The summed E-state index contributed by atoms with van der Waals surface area (Å²) in [5, 5.41) is 27.8. The average Bonchev–Trinajstić information content (AvgIpc) is 2.30. The van der Waals surface area contributed by atoms with Gasteiger partial charge < -0.3 is 15.3 Å². The number of thioether (sulfide) groups is 3. The normalized spacial score (nSPS) is 14.8. The molecule has 3 N–H and O–H groups in total. The highest BCUT2D eigenvalue weighted by molar-refractivity contribution is 8.00. The predicted molar refractivity (Wildman–Crippen MR) is 81.4 cm³/mol. The van der Waals surface area contributed by atoms with Gasteiger partial charge in [-0.15, -0.1) is 0 Å². The summed E-state index contributed by atoms with van der Waals surface area (Å²) < 4.78 is 0. The Balaban J connectivity index is 3.29. The molecule has 0 radical (unpaired) electrons. The second-order valence-electron chi connectivity index (χ2n) is 3.72. The fourth-order valence-electron chi connectivity index (χ4n) is 1.08. The van der Waals surface area contributed by atoms with Crippen LogP contribution in [0.15, 0.2) is 0 Å². The third-order valence-electron chi connectivity index (χ3n) is 1.83. The predicted octanol–water partition coefficient (Wildman–Crippen LogP) is 1.31. The molecular weight excluding hydrogens is 276 g/mol. The third-order valence-corrected chi connectivity index (χ3v) is 5.48. The Morgan fingerprint density at radius 3 is 1.76 bits per heavy atom. The first kappa shape index (κ1) is 17.9. The van der Waals surface area contributed by atoms with Crippen molar-refractivity contribution in [3.8, 4) is 0 Å². The summed E-state index contributed by atoms with van der Waals surface area (Å²) in [7, 11) is 0.